The number of carbonyl (C=O) groups is 1. The van der Waals surface area contributed by atoms with Crippen molar-refractivity contribution in [2.45, 2.75) is 58.2 Å². The highest BCUT2D eigenvalue weighted by Crippen LogP contribution is 2.33. The van der Waals surface area contributed by atoms with E-state index >= 15 is 0 Å². The fourth-order valence-corrected chi connectivity index (χ4v) is 1.91. The average Bonchev–Trinajstić information content (AvgIpc) is 2.83. The van der Waals surface area contributed by atoms with Crippen LogP contribution >= 0.6 is 0 Å². The smallest absolute Gasteiger partial charge is 0.410 e. The minimum absolute atomic E-state index is 0.0301. The van der Waals surface area contributed by atoms with E-state index in [0.29, 0.717) is 13.2 Å². The van der Waals surface area contributed by atoms with Crippen LogP contribution in [0.5, 0.6) is 0 Å². The molecule has 0 saturated carbocycles. The predicted octanol–water partition coefficient (Wildman–Crippen LogP) is 1.76. The zero-order chi connectivity index (χ0) is 12.8. The average molecular weight is 243 g/mol. The third-order valence-electron chi connectivity index (χ3n) is 2.74. The van der Waals surface area contributed by atoms with Gasteiger partial charge in [-0.25, -0.2) is 4.79 Å². The predicted molar refractivity (Wildman–Crippen MR) is 61.6 cm³/mol. The van der Waals surface area contributed by atoms with Crippen molar-refractivity contribution in [3.8, 4) is 0 Å². The monoisotopic (exact) mass is 243 g/mol. The Morgan fingerprint density at radius 2 is 2.06 bits per heavy atom. The third-order valence-corrected chi connectivity index (χ3v) is 2.74. The second-order valence-corrected chi connectivity index (χ2v) is 6.07. The Morgan fingerprint density at radius 3 is 2.53 bits per heavy atom. The zero-order valence-corrected chi connectivity index (χ0v) is 11.1. The van der Waals surface area contributed by atoms with Crippen LogP contribution in [0.2, 0.25) is 0 Å². The van der Waals surface area contributed by atoms with Crippen LogP contribution in [-0.4, -0.2) is 47.7 Å². The Morgan fingerprint density at radius 1 is 1.41 bits per heavy atom. The number of hydrogen-bond acceptors (Lipinski definition) is 4. The van der Waals surface area contributed by atoms with Gasteiger partial charge in [-0.15, -0.1) is 0 Å². The van der Waals surface area contributed by atoms with Crippen molar-refractivity contribution in [1.29, 1.82) is 0 Å². The Balaban J connectivity index is 1.83. The quantitative estimate of drug-likeness (QED) is 0.658. The van der Waals surface area contributed by atoms with Gasteiger partial charge < -0.3 is 14.2 Å². The lowest BCUT2D eigenvalue weighted by Crippen LogP contribution is -2.31. The van der Waals surface area contributed by atoms with Crippen molar-refractivity contribution in [3.05, 3.63) is 0 Å². The first-order valence-electron chi connectivity index (χ1n) is 5.99. The first kappa shape index (κ1) is 12.6. The summed E-state index contributed by atoms with van der Waals surface area (Å²) in [5, 5.41) is 0. The van der Waals surface area contributed by atoms with Gasteiger partial charge >= 0.3 is 6.09 Å². The van der Waals surface area contributed by atoms with Crippen molar-refractivity contribution in [2.24, 2.45) is 0 Å². The summed E-state index contributed by atoms with van der Waals surface area (Å²) in [7, 11) is 0. The molecule has 17 heavy (non-hydrogen) atoms. The maximum Gasteiger partial charge on any atom is 0.410 e. The molecule has 1 unspecified atom stereocenters. The van der Waals surface area contributed by atoms with E-state index in [2.05, 4.69) is 0 Å². The SMILES string of the molecule is CC(C)(C)OC(=O)N1CC1[C@@H]1COC(C)(C)O1. The summed E-state index contributed by atoms with van der Waals surface area (Å²) in [4.78, 5) is 13.4. The molecule has 2 heterocycles. The summed E-state index contributed by atoms with van der Waals surface area (Å²) < 4.78 is 16.5. The van der Waals surface area contributed by atoms with E-state index in [0.717, 1.165) is 0 Å². The highest BCUT2D eigenvalue weighted by Gasteiger charge is 2.51. The second-order valence-electron chi connectivity index (χ2n) is 6.07. The van der Waals surface area contributed by atoms with Gasteiger partial charge in [-0.2, -0.15) is 0 Å². The van der Waals surface area contributed by atoms with Crippen molar-refractivity contribution in [2.75, 3.05) is 13.2 Å². The largest absolute Gasteiger partial charge is 0.444 e. The van der Waals surface area contributed by atoms with Crippen LogP contribution in [0, 0.1) is 0 Å². The van der Waals surface area contributed by atoms with Crippen LogP contribution < -0.4 is 0 Å². The van der Waals surface area contributed by atoms with Gasteiger partial charge in [-0.3, -0.25) is 4.90 Å². The van der Waals surface area contributed by atoms with Crippen molar-refractivity contribution >= 4 is 6.09 Å². The normalized spacial score (nSPS) is 31.5. The molecule has 2 aliphatic rings. The number of rotatable bonds is 1. The molecule has 0 radical (unpaired) electrons. The van der Waals surface area contributed by atoms with Gasteiger partial charge in [0, 0.05) is 6.54 Å². The fourth-order valence-electron chi connectivity index (χ4n) is 1.91. The summed E-state index contributed by atoms with van der Waals surface area (Å²) in [5.41, 5.74) is -0.448. The molecule has 0 N–H and O–H groups in total. The minimum atomic E-state index is -0.535. The Hall–Kier alpha value is -0.810. The minimum Gasteiger partial charge on any atom is -0.444 e. The number of hydrogen-bond donors (Lipinski definition) is 0. The molecule has 5 nitrogen and oxygen atoms in total. The Labute approximate surface area is 102 Å². The molecule has 98 valence electrons. The van der Waals surface area contributed by atoms with Crippen molar-refractivity contribution < 1.29 is 19.0 Å². The lowest BCUT2D eigenvalue weighted by Gasteiger charge is -2.21. The highest BCUT2D eigenvalue weighted by atomic mass is 16.7. The first-order valence-corrected chi connectivity index (χ1v) is 5.99. The lowest BCUT2D eigenvalue weighted by atomic mass is 10.2. The van der Waals surface area contributed by atoms with Crippen LogP contribution in [0.25, 0.3) is 0 Å². The van der Waals surface area contributed by atoms with Crippen LogP contribution in [-0.2, 0) is 14.2 Å². The van der Waals surface area contributed by atoms with E-state index in [1.807, 2.05) is 34.6 Å². The van der Waals surface area contributed by atoms with E-state index in [1.165, 1.54) is 0 Å². The van der Waals surface area contributed by atoms with Gasteiger partial charge in [0.15, 0.2) is 5.79 Å². The summed E-state index contributed by atoms with van der Waals surface area (Å²) in [6, 6.07) is 0.103. The van der Waals surface area contributed by atoms with Gasteiger partial charge in [0.25, 0.3) is 0 Å². The summed E-state index contributed by atoms with van der Waals surface area (Å²) in [6.45, 7) is 10.6. The van der Waals surface area contributed by atoms with Crippen LogP contribution in [0.15, 0.2) is 0 Å². The molecule has 2 rings (SSSR count). The standard InChI is InChI=1S/C12H21NO4/c1-11(2,3)17-10(14)13-6-8(13)9-7-15-12(4,5)16-9/h8-9H,6-7H2,1-5H3/t8?,9-,13?/m0/s1. The van der Waals surface area contributed by atoms with E-state index in [-0.39, 0.29) is 18.2 Å². The summed E-state index contributed by atoms with van der Waals surface area (Å²) in [5.74, 6) is -0.535. The molecule has 0 aliphatic carbocycles. The maximum atomic E-state index is 11.8. The molecule has 0 aromatic carbocycles. The summed E-state index contributed by atoms with van der Waals surface area (Å²) >= 11 is 0. The molecule has 1 amide bonds. The number of ether oxygens (including phenoxy) is 3. The highest BCUT2D eigenvalue weighted by molar-refractivity contribution is 5.71. The van der Waals surface area contributed by atoms with Crippen LogP contribution in [0.4, 0.5) is 4.79 Å². The first-order chi connectivity index (χ1) is 7.68. The second kappa shape index (κ2) is 3.85. The molecule has 2 atom stereocenters. The molecule has 0 spiro atoms. The Bertz CT molecular complexity index is 321. The van der Waals surface area contributed by atoms with Gasteiger partial charge in [0.1, 0.15) is 11.7 Å². The lowest BCUT2D eigenvalue weighted by molar-refractivity contribution is -0.139. The zero-order valence-electron chi connectivity index (χ0n) is 11.1. The summed E-state index contributed by atoms with van der Waals surface area (Å²) in [6.07, 6.45) is -0.298. The molecule has 5 heteroatoms. The maximum absolute atomic E-state index is 11.8. The van der Waals surface area contributed by atoms with Gasteiger partial charge in [-0.05, 0) is 34.6 Å². The number of nitrogens with zero attached hydrogens (tertiary/aromatic N) is 1. The van der Waals surface area contributed by atoms with E-state index in [1.54, 1.807) is 4.90 Å². The van der Waals surface area contributed by atoms with Crippen molar-refractivity contribution in [1.82, 2.24) is 4.90 Å². The van der Waals surface area contributed by atoms with E-state index < -0.39 is 11.4 Å². The molecule has 0 aromatic rings. The third kappa shape index (κ3) is 3.10. The molecule has 2 aliphatic heterocycles. The van der Waals surface area contributed by atoms with E-state index in [4.69, 9.17) is 14.2 Å². The molecular formula is C12H21NO4. The van der Waals surface area contributed by atoms with Gasteiger partial charge in [0.2, 0.25) is 0 Å². The Kier molecular flexibility index (Phi) is 2.86. The van der Waals surface area contributed by atoms with Crippen LogP contribution in [0.3, 0.4) is 0 Å². The molecule has 2 saturated heterocycles. The number of carbonyl (C=O) groups excluding carboxylic acids is 1. The molecule has 0 bridgehead atoms. The van der Waals surface area contributed by atoms with E-state index in [9.17, 15) is 4.79 Å². The van der Waals surface area contributed by atoms with Crippen LogP contribution in [0.1, 0.15) is 34.6 Å². The molecule has 0 aromatic heterocycles. The van der Waals surface area contributed by atoms with Gasteiger partial charge in [0.05, 0.1) is 12.6 Å². The number of amides is 1. The van der Waals surface area contributed by atoms with Crippen molar-refractivity contribution in [3.63, 3.8) is 0 Å². The fraction of sp³-hybridized carbons (Fsp3) is 0.917. The molecular weight excluding hydrogens is 222 g/mol. The topological polar surface area (TPSA) is 47.8 Å². The molecule has 2 fully saturated rings. The van der Waals surface area contributed by atoms with Gasteiger partial charge in [-0.1, -0.05) is 0 Å².